The van der Waals surface area contributed by atoms with Crippen molar-refractivity contribution in [1.29, 1.82) is 5.26 Å². The number of benzene rings is 1. The summed E-state index contributed by atoms with van der Waals surface area (Å²) >= 11 is 3.42. The first-order chi connectivity index (χ1) is 17.8. The third-order valence-corrected chi connectivity index (χ3v) is 5.89. The number of amides is 1. The summed E-state index contributed by atoms with van der Waals surface area (Å²) in [6, 6.07) is 9.66. The van der Waals surface area contributed by atoms with Crippen LogP contribution in [0.15, 0.2) is 34.9 Å². The highest BCUT2D eigenvalue weighted by atomic mass is 79.9. The molecule has 10 nitrogen and oxygen atoms in total. The number of nitrogens with zero attached hydrogens (tertiary/aromatic N) is 6. The molecular formula is C24H29BrF3N7O3. The molecule has 0 atom stereocenters. The zero-order chi connectivity index (χ0) is 28.5. The lowest BCUT2D eigenvalue weighted by Gasteiger charge is -2.32. The van der Waals surface area contributed by atoms with E-state index in [1.807, 2.05) is 44.2 Å². The molecule has 0 bridgehead atoms. The largest absolute Gasteiger partial charge is 0.490 e. The molecule has 3 rings (SSSR count). The van der Waals surface area contributed by atoms with Crippen LogP contribution in [0.25, 0.3) is 0 Å². The van der Waals surface area contributed by atoms with Gasteiger partial charge in [-0.25, -0.2) is 9.78 Å². The molecule has 1 aromatic heterocycles. The van der Waals surface area contributed by atoms with E-state index >= 15 is 0 Å². The number of carboxylic acid groups (broad SMARTS) is 1. The summed E-state index contributed by atoms with van der Waals surface area (Å²) in [6.07, 6.45) is -3.56. The average Bonchev–Trinajstić information content (AvgIpc) is 2.85. The minimum absolute atomic E-state index is 0.0504. The first kappa shape index (κ1) is 30.9. The number of carbonyl (C=O) groups excluding carboxylic acids is 1. The second kappa shape index (κ2) is 14.0. The number of aliphatic carboxylic acids is 1. The van der Waals surface area contributed by atoms with E-state index in [2.05, 4.69) is 48.2 Å². The molecule has 0 saturated carbocycles. The van der Waals surface area contributed by atoms with Crippen LogP contribution in [0.2, 0.25) is 0 Å². The number of nitrogens with one attached hydrogen (secondary N) is 1. The SMILES string of the molecule is CC(C)CN(NC(=O)c1ccc(CN2CCN(C)CC2)cc1)c1nc(C#N)ncc1Br.O=C(O)C(F)(F)F. The van der Waals surface area contributed by atoms with Crippen LogP contribution in [-0.2, 0) is 11.3 Å². The lowest BCUT2D eigenvalue weighted by atomic mass is 10.1. The number of hydrogen-bond acceptors (Lipinski definition) is 8. The molecule has 1 aliphatic heterocycles. The maximum atomic E-state index is 12.9. The summed E-state index contributed by atoms with van der Waals surface area (Å²) in [5.41, 5.74) is 4.69. The molecule has 1 aromatic carbocycles. The van der Waals surface area contributed by atoms with E-state index in [4.69, 9.17) is 15.2 Å². The van der Waals surface area contributed by atoms with Gasteiger partial charge in [-0.3, -0.25) is 20.1 Å². The van der Waals surface area contributed by atoms with Crippen molar-refractivity contribution < 1.29 is 27.9 Å². The first-order valence-corrected chi connectivity index (χ1v) is 12.4. The van der Waals surface area contributed by atoms with Gasteiger partial charge in [-0.15, -0.1) is 0 Å². The number of likely N-dealkylation sites (N-methyl/N-ethyl adjacent to an activating group) is 1. The van der Waals surface area contributed by atoms with E-state index in [0.717, 1.165) is 32.7 Å². The number of hydrazine groups is 1. The monoisotopic (exact) mass is 599 g/mol. The second-order valence-electron chi connectivity index (χ2n) is 9.00. The Balaban J connectivity index is 0.000000638. The van der Waals surface area contributed by atoms with Crippen LogP contribution < -0.4 is 10.4 Å². The van der Waals surface area contributed by atoms with Gasteiger partial charge in [0.05, 0.1) is 4.47 Å². The number of aromatic nitrogens is 2. The van der Waals surface area contributed by atoms with Crippen molar-refractivity contribution in [2.45, 2.75) is 26.6 Å². The van der Waals surface area contributed by atoms with Crippen LogP contribution in [0, 0.1) is 17.2 Å². The summed E-state index contributed by atoms with van der Waals surface area (Å²) in [5.74, 6) is -2.21. The highest BCUT2D eigenvalue weighted by molar-refractivity contribution is 9.10. The summed E-state index contributed by atoms with van der Waals surface area (Å²) in [5, 5.41) is 17.9. The van der Waals surface area contributed by atoms with Crippen LogP contribution in [0.1, 0.15) is 35.6 Å². The van der Waals surface area contributed by atoms with Gasteiger partial charge in [-0.05, 0) is 46.6 Å². The molecule has 2 aromatic rings. The molecule has 206 valence electrons. The van der Waals surface area contributed by atoms with E-state index in [1.54, 1.807) is 5.01 Å². The molecule has 14 heteroatoms. The number of hydrogen-bond donors (Lipinski definition) is 2. The van der Waals surface area contributed by atoms with Gasteiger partial charge < -0.3 is 10.0 Å². The Morgan fingerprint density at radius 3 is 2.29 bits per heavy atom. The number of rotatable bonds is 7. The van der Waals surface area contributed by atoms with Crippen molar-refractivity contribution in [3.63, 3.8) is 0 Å². The zero-order valence-electron chi connectivity index (χ0n) is 21.2. The zero-order valence-corrected chi connectivity index (χ0v) is 22.8. The first-order valence-electron chi connectivity index (χ1n) is 11.6. The fourth-order valence-corrected chi connectivity index (χ4v) is 3.77. The van der Waals surface area contributed by atoms with E-state index in [1.165, 1.54) is 11.8 Å². The normalized spacial score (nSPS) is 14.3. The van der Waals surface area contributed by atoms with Crippen LogP contribution in [0.4, 0.5) is 19.0 Å². The molecule has 1 aliphatic rings. The number of anilines is 1. The summed E-state index contributed by atoms with van der Waals surface area (Å²) in [4.78, 5) is 34.8. The van der Waals surface area contributed by atoms with E-state index < -0.39 is 12.1 Å². The molecule has 2 N–H and O–H groups in total. The smallest absolute Gasteiger partial charge is 0.475 e. The highest BCUT2D eigenvalue weighted by Gasteiger charge is 2.38. The summed E-state index contributed by atoms with van der Waals surface area (Å²) < 4.78 is 32.3. The maximum absolute atomic E-state index is 12.9. The van der Waals surface area contributed by atoms with Crippen molar-refractivity contribution in [3.8, 4) is 6.07 Å². The Morgan fingerprint density at radius 1 is 1.21 bits per heavy atom. The molecule has 0 radical (unpaired) electrons. The third-order valence-electron chi connectivity index (χ3n) is 5.33. The van der Waals surface area contributed by atoms with Crippen molar-refractivity contribution in [2.75, 3.05) is 44.8 Å². The fourth-order valence-electron chi connectivity index (χ4n) is 3.36. The number of alkyl halides is 3. The number of nitriles is 1. The molecule has 0 spiro atoms. The van der Waals surface area contributed by atoms with Gasteiger partial charge in [-0.2, -0.15) is 23.4 Å². The molecule has 1 saturated heterocycles. The standard InChI is InChI=1S/C22H28BrN7O.C2HF3O2/c1-16(2)14-30(21-19(23)13-25-20(12-24)26-21)27-22(31)18-6-4-17(5-7-18)15-29-10-8-28(3)9-11-29;3-2(4,5)1(6)7/h4-7,13,16H,8-11,14-15H2,1-3H3,(H,27,31);(H,6,7). The highest BCUT2D eigenvalue weighted by Crippen LogP contribution is 2.23. The quantitative estimate of drug-likeness (QED) is 0.461. The molecule has 0 aliphatic carbocycles. The fraction of sp³-hybridized carbons (Fsp3) is 0.458. The lowest BCUT2D eigenvalue weighted by molar-refractivity contribution is -0.192. The van der Waals surface area contributed by atoms with Crippen LogP contribution in [0.5, 0.6) is 0 Å². The van der Waals surface area contributed by atoms with E-state index in [0.29, 0.717) is 22.4 Å². The molecule has 2 heterocycles. The molecule has 1 fully saturated rings. The van der Waals surface area contributed by atoms with E-state index in [-0.39, 0.29) is 17.6 Å². The van der Waals surface area contributed by atoms with E-state index in [9.17, 15) is 18.0 Å². The van der Waals surface area contributed by atoms with Crippen LogP contribution >= 0.6 is 15.9 Å². The summed E-state index contributed by atoms with van der Waals surface area (Å²) in [7, 11) is 2.15. The van der Waals surface area contributed by atoms with Gasteiger partial charge in [-0.1, -0.05) is 26.0 Å². The molecule has 0 unspecified atom stereocenters. The Labute approximate surface area is 227 Å². The minimum Gasteiger partial charge on any atom is -0.475 e. The Bertz CT molecular complexity index is 1130. The van der Waals surface area contributed by atoms with Gasteiger partial charge in [0.25, 0.3) is 5.91 Å². The maximum Gasteiger partial charge on any atom is 0.490 e. The Morgan fingerprint density at radius 2 is 1.79 bits per heavy atom. The molecule has 1 amide bonds. The van der Waals surface area contributed by atoms with Crippen molar-refractivity contribution in [3.05, 3.63) is 51.9 Å². The van der Waals surface area contributed by atoms with Crippen molar-refractivity contribution >= 4 is 33.6 Å². The van der Waals surface area contributed by atoms with Gasteiger partial charge in [0.2, 0.25) is 5.82 Å². The number of halogens is 4. The average molecular weight is 600 g/mol. The Kier molecular flexibility index (Phi) is 11.4. The van der Waals surface area contributed by atoms with Crippen molar-refractivity contribution in [1.82, 2.24) is 25.2 Å². The molecule has 38 heavy (non-hydrogen) atoms. The van der Waals surface area contributed by atoms with Gasteiger partial charge >= 0.3 is 12.1 Å². The third kappa shape index (κ3) is 9.88. The Hall–Kier alpha value is -3.28. The van der Waals surface area contributed by atoms with Crippen molar-refractivity contribution in [2.24, 2.45) is 5.92 Å². The van der Waals surface area contributed by atoms with Gasteiger partial charge in [0.1, 0.15) is 6.07 Å². The van der Waals surface area contributed by atoms with Gasteiger partial charge in [0.15, 0.2) is 5.82 Å². The van der Waals surface area contributed by atoms with Gasteiger partial charge in [0, 0.05) is 51.0 Å². The predicted molar refractivity (Wildman–Crippen MR) is 137 cm³/mol. The van der Waals surface area contributed by atoms with Crippen LogP contribution in [-0.4, -0.2) is 82.7 Å². The summed E-state index contributed by atoms with van der Waals surface area (Å²) in [6.45, 7) is 9.80. The topological polar surface area (TPSA) is 126 Å². The minimum atomic E-state index is -5.08. The predicted octanol–water partition coefficient (Wildman–Crippen LogP) is 3.30. The second-order valence-corrected chi connectivity index (χ2v) is 9.86. The number of carboxylic acids is 1. The number of carbonyl (C=O) groups is 2. The van der Waals surface area contributed by atoms with Crippen LogP contribution in [0.3, 0.4) is 0 Å². The lowest BCUT2D eigenvalue weighted by Crippen LogP contribution is -2.45. The molecular weight excluding hydrogens is 571 g/mol. The number of piperazine rings is 1.